The fraction of sp³-hybridized carbons (Fsp3) is 0.429. The molecule has 3 rings (SSSR count). The summed E-state index contributed by atoms with van der Waals surface area (Å²) < 4.78 is 22.8. The lowest BCUT2D eigenvalue weighted by Gasteiger charge is -2.25. The number of fused-ring (bicyclic) bond motifs is 1. The molecule has 0 aliphatic carbocycles. The standard InChI is InChI=1S/C16H23NO2Si.C12H21NO3Si/c1-4-12-20(3,18-2)19-13-17-16-11-7-9-14-8-5-6-10-15(14)16;1-15-17(2,10-6-9-14)16-11-13-12-7-4-3-5-8-12/h5-11,17H,4,12-13H2,1-3H3;3-5,7-8,13-14H,6,9-11H2,1-2H3. The van der Waals surface area contributed by atoms with Crippen molar-refractivity contribution < 1.29 is 22.8 Å². The van der Waals surface area contributed by atoms with Crippen LogP contribution in [0.15, 0.2) is 72.8 Å². The molecule has 2 unspecified atom stereocenters. The van der Waals surface area contributed by atoms with Gasteiger partial charge in [-0.15, -0.1) is 0 Å². The molecule has 204 valence electrons. The van der Waals surface area contributed by atoms with E-state index in [1.807, 2.05) is 36.9 Å². The Morgan fingerprint density at radius 2 is 1.32 bits per heavy atom. The predicted molar refractivity (Wildman–Crippen MR) is 158 cm³/mol. The first-order chi connectivity index (χ1) is 17.9. The first-order valence-electron chi connectivity index (χ1n) is 12.9. The van der Waals surface area contributed by atoms with Crippen LogP contribution in [0.1, 0.15) is 19.8 Å². The summed E-state index contributed by atoms with van der Waals surface area (Å²) in [6.07, 6.45) is 1.81. The zero-order valence-electron chi connectivity index (χ0n) is 23.0. The van der Waals surface area contributed by atoms with E-state index in [2.05, 4.69) is 66.6 Å². The second-order valence-corrected chi connectivity index (χ2v) is 16.0. The summed E-state index contributed by atoms with van der Waals surface area (Å²) in [6.45, 7) is 7.39. The number of para-hydroxylation sites is 1. The third kappa shape index (κ3) is 10.9. The number of hydrogen-bond acceptors (Lipinski definition) is 7. The summed E-state index contributed by atoms with van der Waals surface area (Å²) in [5.74, 6) is 0. The molecule has 0 bridgehead atoms. The summed E-state index contributed by atoms with van der Waals surface area (Å²) in [5, 5.41) is 17.8. The molecule has 0 aliphatic heterocycles. The minimum Gasteiger partial charge on any atom is -0.398 e. The maximum absolute atomic E-state index is 8.82. The zero-order chi connectivity index (χ0) is 27.0. The Kier molecular flexibility index (Phi) is 13.9. The summed E-state index contributed by atoms with van der Waals surface area (Å²) in [5.41, 5.74) is 2.13. The predicted octanol–water partition coefficient (Wildman–Crippen LogP) is 6.53. The molecule has 9 heteroatoms. The fourth-order valence-electron chi connectivity index (χ4n) is 3.79. The second kappa shape index (κ2) is 16.6. The van der Waals surface area contributed by atoms with Gasteiger partial charge in [0, 0.05) is 37.6 Å². The SMILES string of the molecule is CCC[Si](C)(OC)OCNc1cccc2ccccc12.CO[Si](C)(CCCO)OCNc1ccccc1. The minimum absolute atomic E-state index is 0.182. The van der Waals surface area contributed by atoms with E-state index in [0.29, 0.717) is 13.5 Å². The van der Waals surface area contributed by atoms with Crippen LogP contribution in [0, 0.1) is 0 Å². The zero-order valence-corrected chi connectivity index (χ0v) is 25.0. The lowest BCUT2D eigenvalue weighted by Crippen LogP contribution is -2.39. The number of rotatable bonds is 15. The van der Waals surface area contributed by atoms with E-state index in [9.17, 15) is 0 Å². The van der Waals surface area contributed by atoms with Crippen LogP contribution in [0.2, 0.25) is 25.2 Å². The van der Waals surface area contributed by atoms with Crippen molar-refractivity contribution in [2.45, 2.75) is 44.9 Å². The Bertz CT molecular complexity index is 1020. The Hall–Kier alpha value is -2.25. The van der Waals surface area contributed by atoms with E-state index in [4.69, 9.17) is 22.8 Å². The normalized spacial score (nSPS) is 14.2. The van der Waals surface area contributed by atoms with Crippen LogP contribution < -0.4 is 10.6 Å². The van der Waals surface area contributed by atoms with Crippen LogP contribution in [0.3, 0.4) is 0 Å². The average Bonchev–Trinajstić information content (AvgIpc) is 2.93. The number of anilines is 2. The largest absolute Gasteiger partial charge is 0.398 e. The van der Waals surface area contributed by atoms with Gasteiger partial charge in [0.25, 0.3) is 0 Å². The smallest absolute Gasteiger partial charge is 0.336 e. The van der Waals surface area contributed by atoms with Crippen molar-refractivity contribution in [1.29, 1.82) is 0 Å². The highest BCUT2D eigenvalue weighted by Crippen LogP contribution is 2.23. The number of nitrogens with one attached hydrogen (secondary N) is 2. The van der Waals surface area contributed by atoms with Gasteiger partial charge < -0.3 is 33.4 Å². The van der Waals surface area contributed by atoms with E-state index in [0.717, 1.165) is 36.3 Å². The third-order valence-electron chi connectivity index (χ3n) is 6.21. The van der Waals surface area contributed by atoms with E-state index in [1.54, 1.807) is 14.2 Å². The highest BCUT2D eigenvalue weighted by Gasteiger charge is 2.29. The van der Waals surface area contributed by atoms with Gasteiger partial charge in [-0.1, -0.05) is 67.9 Å². The third-order valence-corrected chi connectivity index (χ3v) is 12.1. The van der Waals surface area contributed by atoms with Crippen LogP contribution in [0.5, 0.6) is 0 Å². The monoisotopic (exact) mass is 544 g/mol. The molecular formula is C28H44N2O5Si2. The molecule has 3 N–H and O–H groups in total. The van der Waals surface area contributed by atoms with E-state index >= 15 is 0 Å². The Labute approximate surface area is 224 Å². The molecule has 3 aromatic rings. The molecule has 0 amide bonds. The molecule has 0 saturated carbocycles. The summed E-state index contributed by atoms with van der Waals surface area (Å²) in [6, 6.07) is 26.3. The second-order valence-electron chi connectivity index (χ2n) is 9.08. The van der Waals surface area contributed by atoms with Gasteiger partial charge >= 0.3 is 17.1 Å². The van der Waals surface area contributed by atoms with Gasteiger partial charge in [-0.25, -0.2) is 0 Å². The maximum Gasteiger partial charge on any atom is 0.336 e. The van der Waals surface area contributed by atoms with Crippen LogP contribution in [-0.4, -0.2) is 56.5 Å². The highest BCUT2D eigenvalue weighted by atomic mass is 28.4. The van der Waals surface area contributed by atoms with Crippen LogP contribution in [-0.2, 0) is 17.7 Å². The molecule has 7 nitrogen and oxygen atoms in total. The Morgan fingerprint density at radius 3 is 1.97 bits per heavy atom. The maximum atomic E-state index is 8.82. The van der Waals surface area contributed by atoms with Crippen LogP contribution in [0.4, 0.5) is 11.4 Å². The van der Waals surface area contributed by atoms with Crippen molar-refractivity contribution in [3.05, 3.63) is 72.8 Å². The quantitative estimate of drug-likeness (QED) is 0.148. The minimum atomic E-state index is -2.12. The topological polar surface area (TPSA) is 81.2 Å². The number of hydrogen-bond donors (Lipinski definition) is 3. The van der Waals surface area contributed by atoms with Crippen molar-refractivity contribution in [1.82, 2.24) is 0 Å². The Balaban J connectivity index is 0.000000264. The van der Waals surface area contributed by atoms with Crippen molar-refractivity contribution in [3.63, 3.8) is 0 Å². The van der Waals surface area contributed by atoms with Gasteiger partial charge in [0.15, 0.2) is 0 Å². The van der Waals surface area contributed by atoms with Crippen molar-refractivity contribution >= 4 is 39.3 Å². The summed E-state index contributed by atoms with van der Waals surface area (Å²) in [7, 11) is -0.705. The van der Waals surface area contributed by atoms with Crippen molar-refractivity contribution in [2.75, 3.05) is 44.9 Å². The molecule has 37 heavy (non-hydrogen) atoms. The van der Waals surface area contributed by atoms with Crippen LogP contribution in [0.25, 0.3) is 10.8 Å². The lowest BCUT2D eigenvalue weighted by atomic mass is 10.1. The fourth-order valence-corrected chi connectivity index (χ4v) is 7.19. The van der Waals surface area contributed by atoms with Gasteiger partial charge in [0.2, 0.25) is 0 Å². The first-order valence-corrected chi connectivity index (χ1v) is 17.9. The van der Waals surface area contributed by atoms with Gasteiger partial charge in [-0.3, -0.25) is 0 Å². The lowest BCUT2D eigenvalue weighted by molar-refractivity contribution is 0.211. The van der Waals surface area contributed by atoms with Crippen molar-refractivity contribution in [3.8, 4) is 0 Å². The summed E-state index contributed by atoms with van der Waals surface area (Å²) in [4.78, 5) is 0. The molecule has 0 heterocycles. The number of aliphatic hydroxyl groups excluding tert-OH is 1. The average molecular weight is 545 g/mol. The number of benzene rings is 3. The van der Waals surface area contributed by atoms with Crippen LogP contribution >= 0.6 is 0 Å². The van der Waals surface area contributed by atoms with Crippen molar-refractivity contribution in [2.24, 2.45) is 0 Å². The molecule has 0 saturated heterocycles. The molecule has 0 radical (unpaired) electrons. The number of aliphatic hydroxyl groups is 1. The molecule has 0 fully saturated rings. The molecule has 2 atom stereocenters. The molecule has 0 aliphatic rings. The Morgan fingerprint density at radius 1 is 0.730 bits per heavy atom. The van der Waals surface area contributed by atoms with E-state index in [-0.39, 0.29) is 6.61 Å². The van der Waals surface area contributed by atoms with Gasteiger partial charge in [-0.05, 0) is 55.2 Å². The van der Waals surface area contributed by atoms with E-state index < -0.39 is 17.1 Å². The van der Waals surface area contributed by atoms with Gasteiger partial charge in [0.1, 0.15) is 13.5 Å². The molecule has 0 aromatic heterocycles. The van der Waals surface area contributed by atoms with E-state index in [1.165, 1.54) is 10.8 Å². The highest BCUT2D eigenvalue weighted by molar-refractivity contribution is 6.66. The van der Waals surface area contributed by atoms with Gasteiger partial charge in [-0.2, -0.15) is 0 Å². The molecule has 0 spiro atoms. The molecular weight excluding hydrogens is 500 g/mol. The summed E-state index contributed by atoms with van der Waals surface area (Å²) >= 11 is 0. The first kappa shape index (κ1) is 31.0. The van der Waals surface area contributed by atoms with Gasteiger partial charge in [0.05, 0.1) is 0 Å². The molecule has 3 aromatic carbocycles.